The number of carboxylic acid groups (broad SMARTS) is 1. The minimum absolute atomic E-state index is 0.0260. The highest BCUT2D eigenvalue weighted by molar-refractivity contribution is 5.87. The molecule has 0 saturated heterocycles. The molecule has 1 fully saturated rings. The lowest BCUT2D eigenvalue weighted by atomic mass is 10.1. The van der Waals surface area contributed by atoms with E-state index in [-0.39, 0.29) is 30.1 Å². The quantitative estimate of drug-likeness (QED) is 0.678. The number of hydrogen-bond donors (Lipinski definition) is 2. The number of carbonyl (C=O) groups is 3. The molecule has 0 heterocycles. The number of rotatable bonds is 6. The molecule has 0 bridgehead atoms. The molecule has 1 aliphatic rings. The molecule has 0 radical (unpaired) electrons. The molecular weight excluding hydrogens is 238 g/mol. The van der Waals surface area contributed by atoms with Gasteiger partial charge in [0.2, 0.25) is 5.91 Å². The van der Waals surface area contributed by atoms with Crippen LogP contribution in [-0.4, -0.2) is 36.1 Å². The van der Waals surface area contributed by atoms with Crippen molar-refractivity contribution in [3.63, 3.8) is 0 Å². The monoisotopic (exact) mass is 257 g/mol. The molecule has 1 unspecified atom stereocenters. The van der Waals surface area contributed by atoms with Crippen molar-refractivity contribution in [2.45, 2.75) is 39.2 Å². The summed E-state index contributed by atoms with van der Waals surface area (Å²) in [6.45, 7) is 3.92. The van der Waals surface area contributed by atoms with E-state index in [1.54, 1.807) is 0 Å². The van der Waals surface area contributed by atoms with Crippen LogP contribution in [0.4, 0.5) is 0 Å². The van der Waals surface area contributed by atoms with Crippen LogP contribution in [0.15, 0.2) is 0 Å². The zero-order valence-corrected chi connectivity index (χ0v) is 10.9. The van der Waals surface area contributed by atoms with Crippen LogP contribution in [0.1, 0.15) is 33.1 Å². The van der Waals surface area contributed by atoms with Crippen molar-refractivity contribution >= 4 is 17.8 Å². The van der Waals surface area contributed by atoms with Crippen LogP contribution in [0.25, 0.3) is 0 Å². The van der Waals surface area contributed by atoms with Crippen LogP contribution in [-0.2, 0) is 19.1 Å². The van der Waals surface area contributed by atoms with Gasteiger partial charge in [0, 0.05) is 12.3 Å². The average molecular weight is 257 g/mol. The van der Waals surface area contributed by atoms with Gasteiger partial charge in [0.1, 0.15) is 6.04 Å². The minimum atomic E-state index is -1.13. The van der Waals surface area contributed by atoms with Crippen LogP contribution >= 0.6 is 0 Å². The smallest absolute Gasteiger partial charge is 0.326 e. The Bertz CT molecular complexity index is 363. The van der Waals surface area contributed by atoms with Crippen molar-refractivity contribution < 1.29 is 24.2 Å². The minimum Gasteiger partial charge on any atom is -0.480 e. The zero-order chi connectivity index (χ0) is 13.9. The first-order valence-electron chi connectivity index (χ1n) is 5.88. The number of methoxy groups -OCH3 is 1. The number of aliphatic carboxylic acids is 1. The molecule has 0 spiro atoms. The molecule has 2 atom stereocenters. The number of carboxylic acids is 1. The van der Waals surface area contributed by atoms with Gasteiger partial charge in [-0.15, -0.1) is 0 Å². The Labute approximate surface area is 106 Å². The molecule has 1 aliphatic carbocycles. The van der Waals surface area contributed by atoms with Crippen molar-refractivity contribution in [2.24, 2.45) is 11.3 Å². The molecule has 102 valence electrons. The zero-order valence-electron chi connectivity index (χ0n) is 10.9. The first kappa shape index (κ1) is 14.5. The van der Waals surface area contributed by atoms with Gasteiger partial charge in [0.25, 0.3) is 0 Å². The highest BCUT2D eigenvalue weighted by Crippen LogP contribution is 2.51. The molecule has 1 amide bonds. The number of amides is 1. The number of esters is 1. The fraction of sp³-hybridized carbons (Fsp3) is 0.750. The van der Waals surface area contributed by atoms with Crippen molar-refractivity contribution in [3.8, 4) is 0 Å². The molecule has 0 aromatic carbocycles. The lowest BCUT2D eigenvalue weighted by Gasteiger charge is -2.14. The summed E-state index contributed by atoms with van der Waals surface area (Å²) in [5.74, 6) is -2.00. The Morgan fingerprint density at radius 3 is 2.39 bits per heavy atom. The van der Waals surface area contributed by atoms with Crippen molar-refractivity contribution in [1.29, 1.82) is 0 Å². The summed E-state index contributed by atoms with van der Waals surface area (Å²) in [4.78, 5) is 33.7. The molecule has 0 aliphatic heterocycles. The van der Waals surface area contributed by atoms with Crippen molar-refractivity contribution in [3.05, 3.63) is 0 Å². The second-order valence-electron chi connectivity index (χ2n) is 5.26. The van der Waals surface area contributed by atoms with E-state index in [1.165, 1.54) is 7.11 Å². The molecule has 6 nitrogen and oxygen atoms in total. The third kappa shape index (κ3) is 3.72. The second kappa shape index (κ2) is 5.37. The largest absolute Gasteiger partial charge is 0.480 e. The second-order valence-corrected chi connectivity index (χ2v) is 5.26. The van der Waals surface area contributed by atoms with Crippen LogP contribution < -0.4 is 5.32 Å². The van der Waals surface area contributed by atoms with E-state index in [1.807, 2.05) is 13.8 Å². The molecule has 6 heteroatoms. The Morgan fingerprint density at radius 2 is 2.00 bits per heavy atom. The fourth-order valence-electron chi connectivity index (χ4n) is 1.81. The number of nitrogens with one attached hydrogen (secondary N) is 1. The summed E-state index contributed by atoms with van der Waals surface area (Å²) < 4.78 is 4.43. The van der Waals surface area contributed by atoms with Gasteiger partial charge < -0.3 is 15.2 Å². The van der Waals surface area contributed by atoms with Crippen LogP contribution in [0.5, 0.6) is 0 Å². The highest BCUT2D eigenvalue weighted by atomic mass is 16.5. The molecule has 2 N–H and O–H groups in total. The number of hydrogen-bond acceptors (Lipinski definition) is 4. The van der Waals surface area contributed by atoms with E-state index in [2.05, 4.69) is 10.1 Å². The summed E-state index contributed by atoms with van der Waals surface area (Å²) in [5, 5.41) is 11.4. The Hall–Kier alpha value is -1.59. The Kier molecular flexibility index (Phi) is 4.32. The summed E-state index contributed by atoms with van der Waals surface area (Å²) in [7, 11) is 1.24. The van der Waals surface area contributed by atoms with Crippen molar-refractivity contribution in [2.75, 3.05) is 7.11 Å². The first-order valence-corrected chi connectivity index (χ1v) is 5.88. The summed E-state index contributed by atoms with van der Waals surface area (Å²) >= 11 is 0. The maximum absolute atomic E-state index is 11.8. The third-order valence-corrected chi connectivity index (χ3v) is 3.31. The summed E-state index contributed by atoms with van der Waals surface area (Å²) in [6.07, 6.45) is 0.783. The first-order chi connectivity index (χ1) is 8.27. The lowest BCUT2D eigenvalue weighted by Crippen LogP contribution is -2.42. The molecule has 0 aromatic heterocycles. The normalized spacial score (nSPS) is 21.8. The van der Waals surface area contributed by atoms with Crippen LogP contribution in [0, 0.1) is 11.3 Å². The van der Waals surface area contributed by atoms with Gasteiger partial charge in [-0.1, -0.05) is 13.8 Å². The molecule has 0 aromatic rings. The van der Waals surface area contributed by atoms with E-state index in [0.717, 1.165) is 6.42 Å². The number of carbonyl (C=O) groups excluding carboxylic acids is 2. The predicted octanol–water partition coefficient (Wildman–Crippen LogP) is 0.555. The van der Waals surface area contributed by atoms with Gasteiger partial charge in [0.15, 0.2) is 0 Å². The Balaban J connectivity index is 2.46. The van der Waals surface area contributed by atoms with Gasteiger partial charge >= 0.3 is 11.9 Å². The van der Waals surface area contributed by atoms with Crippen LogP contribution in [0.3, 0.4) is 0 Å². The molecule has 1 rings (SSSR count). The number of ether oxygens (including phenoxy) is 1. The topological polar surface area (TPSA) is 92.7 Å². The highest BCUT2D eigenvalue weighted by Gasteiger charge is 2.51. The standard InChI is InChI=1S/C12H19NO5/c1-12(2)6-7(12)10(15)13-8(11(16)17)4-5-9(14)18-3/h7-8H,4-6H2,1-3H3,(H,13,15)(H,16,17)/t7?,8-/m0/s1. The predicted molar refractivity (Wildman–Crippen MR) is 62.7 cm³/mol. The van der Waals surface area contributed by atoms with E-state index < -0.39 is 18.0 Å². The fourth-order valence-corrected chi connectivity index (χ4v) is 1.81. The average Bonchev–Trinajstić information content (AvgIpc) is 2.92. The van der Waals surface area contributed by atoms with Crippen molar-refractivity contribution in [1.82, 2.24) is 5.32 Å². The van der Waals surface area contributed by atoms with Gasteiger partial charge in [-0.25, -0.2) is 4.79 Å². The maximum Gasteiger partial charge on any atom is 0.326 e. The van der Waals surface area contributed by atoms with E-state index in [9.17, 15) is 14.4 Å². The molecule has 18 heavy (non-hydrogen) atoms. The molecule has 1 saturated carbocycles. The third-order valence-electron chi connectivity index (χ3n) is 3.31. The summed E-state index contributed by atoms with van der Waals surface area (Å²) in [5.41, 5.74) is -0.0461. The van der Waals surface area contributed by atoms with E-state index in [4.69, 9.17) is 5.11 Å². The van der Waals surface area contributed by atoms with E-state index >= 15 is 0 Å². The molecular formula is C12H19NO5. The van der Waals surface area contributed by atoms with E-state index in [0.29, 0.717) is 0 Å². The Morgan fingerprint density at radius 1 is 1.44 bits per heavy atom. The summed E-state index contributed by atoms with van der Waals surface area (Å²) in [6, 6.07) is -1.03. The lowest BCUT2D eigenvalue weighted by molar-refractivity contribution is -0.144. The SMILES string of the molecule is COC(=O)CC[C@H](NC(=O)C1CC1(C)C)C(=O)O. The maximum atomic E-state index is 11.8. The van der Waals surface area contributed by atoms with Gasteiger partial charge in [-0.3, -0.25) is 9.59 Å². The van der Waals surface area contributed by atoms with Crippen LogP contribution in [0.2, 0.25) is 0 Å². The van der Waals surface area contributed by atoms with Gasteiger partial charge in [-0.05, 0) is 18.3 Å². The van der Waals surface area contributed by atoms with Gasteiger partial charge in [0.05, 0.1) is 7.11 Å². The van der Waals surface area contributed by atoms with Gasteiger partial charge in [-0.2, -0.15) is 0 Å².